The fourth-order valence-corrected chi connectivity index (χ4v) is 5.04. The average Bonchev–Trinajstić information content (AvgIpc) is 2.52. The van der Waals surface area contributed by atoms with Gasteiger partial charge in [0, 0.05) is 13.1 Å². The van der Waals surface area contributed by atoms with Crippen LogP contribution in [0.3, 0.4) is 0 Å². The number of methoxy groups -OCH3 is 1. The minimum absolute atomic E-state index is 0. The Morgan fingerprint density at radius 1 is 1.25 bits per heavy atom. The normalized spacial score (nSPS) is 16.7. The SMILES string of the molecule is CCNCC1CCN(S(=O)(=O)c2c(C)cc(C)cc2OC)CC1.Cl. The van der Waals surface area contributed by atoms with Crippen LogP contribution in [0.25, 0.3) is 0 Å². The van der Waals surface area contributed by atoms with Gasteiger partial charge >= 0.3 is 0 Å². The molecule has 24 heavy (non-hydrogen) atoms. The number of halogens is 1. The first kappa shape index (κ1) is 21.2. The van der Waals surface area contributed by atoms with Crippen molar-refractivity contribution in [2.24, 2.45) is 5.92 Å². The highest BCUT2D eigenvalue weighted by Crippen LogP contribution is 2.33. The maximum atomic E-state index is 13.1. The van der Waals surface area contributed by atoms with E-state index in [0.717, 1.165) is 37.1 Å². The third-order valence-electron chi connectivity index (χ3n) is 4.46. The number of ether oxygens (including phenoxy) is 1. The van der Waals surface area contributed by atoms with Crippen molar-refractivity contribution in [3.8, 4) is 5.75 Å². The standard InChI is InChI=1S/C17H28N2O3S.ClH/c1-5-18-12-15-6-8-19(9-7-15)23(20,21)17-14(3)10-13(2)11-16(17)22-4;/h10-11,15,18H,5-9,12H2,1-4H3;1H. The molecule has 1 N–H and O–H groups in total. The van der Waals surface area contributed by atoms with E-state index in [1.54, 1.807) is 10.4 Å². The van der Waals surface area contributed by atoms with Gasteiger partial charge in [0.1, 0.15) is 10.6 Å². The van der Waals surface area contributed by atoms with Gasteiger partial charge in [0.05, 0.1) is 7.11 Å². The predicted molar refractivity (Wildman–Crippen MR) is 99.7 cm³/mol. The zero-order valence-corrected chi connectivity index (χ0v) is 16.6. The summed E-state index contributed by atoms with van der Waals surface area (Å²) in [7, 11) is -1.98. The second-order valence-electron chi connectivity index (χ2n) is 6.27. The molecule has 7 heteroatoms. The molecule has 0 aliphatic carbocycles. The van der Waals surface area contributed by atoms with E-state index in [9.17, 15) is 8.42 Å². The maximum absolute atomic E-state index is 13.1. The lowest BCUT2D eigenvalue weighted by Gasteiger charge is -2.32. The third-order valence-corrected chi connectivity index (χ3v) is 6.54. The van der Waals surface area contributed by atoms with E-state index in [-0.39, 0.29) is 12.4 Å². The second kappa shape index (κ2) is 9.04. The van der Waals surface area contributed by atoms with Crippen molar-refractivity contribution in [2.75, 3.05) is 33.3 Å². The van der Waals surface area contributed by atoms with E-state index >= 15 is 0 Å². The van der Waals surface area contributed by atoms with Crippen LogP contribution in [0.5, 0.6) is 5.75 Å². The Balaban J connectivity index is 0.00000288. The van der Waals surface area contributed by atoms with Crippen molar-refractivity contribution in [1.29, 1.82) is 0 Å². The first-order valence-electron chi connectivity index (χ1n) is 8.26. The van der Waals surface area contributed by atoms with Gasteiger partial charge in [0.2, 0.25) is 10.0 Å². The van der Waals surface area contributed by atoms with Crippen LogP contribution >= 0.6 is 12.4 Å². The molecule has 1 aliphatic heterocycles. The molecule has 1 aromatic carbocycles. The van der Waals surface area contributed by atoms with Gasteiger partial charge in [-0.15, -0.1) is 12.4 Å². The number of aryl methyl sites for hydroxylation is 2. The number of sulfonamides is 1. The number of rotatable bonds is 6. The van der Waals surface area contributed by atoms with Crippen molar-refractivity contribution in [1.82, 2.24) is 9.62 Å². The van der Waals surface area contributed by atoms with Gasteiger partial charge in [-0.05, 0) is 62.9 Å². The molecule has 1 aliphatic rings. The van der Waals surface area contributed by atoms with Crippen molar-refractivity contribution in [3.05, 3.63) is 23.3 Å². The molecule has 138 valence electrons. The minimum Gasteiger partial charge on any atom is -0.495 e. The number of benzene rings is 1. The summed E-state index contributed by atoms with van der Waals surface area (Å²) in [6, 6.07) is 3.69. The maximum Gasteiger partial charge on any atom is 0.247 e. The summed E-state index contributed by atoms with van der Waals surface area (Å²) >= 11 is 0. The van der Waals surface area contributed by atoms with Gasteiger partial charge in [-0.3, -0.25) is 0 Å². The monoisotopic (exact) mass is 376 g/mol. The van der Waals surface area contributed by atoms with Gasteiger partial charge in [0.15, 0.2) is 0 Å². The van der Waals surface area contributed by atoms with Crippen molar-refractivity contribution in [2.45, 2.75) is 38.5 Å². The molecule has 5 nitrogen and oxygen atoms in total. The predicted octanol–water partition coefficient (Wildman–Crippen LogP) is 2.74. The molecule has 0 bridgehead atoms. The van der Waals surface area contributed by atoms with Crippen LogP contribution < -0.4 is 10.1 Å². The molecule has 0 unspecified atom stereocenters. The Morgan fingerprint density at radius 2 is 1.88 bits per heavy atom. The highest BCUT2D eigenvalue weighted by atomic mass is 35.5. The highest BCUT2D eigenvalue weighted by molar-refractivity contribution is 7.89. The molecule has 0 aromatic heterocycles. The second-order valence-corrected chi connectivity index (χ2v) is 8.14. The largest absolute Gasteiger partial charge is 0.495 e. The molecule has 1 saturated heterocycles. The lowest BCUT2D eigenvalue weighted by molar-refractivity contribution is 0.267. The third kappa shape index (κ3) is 4.63. The first-order chi connectivity index (χ1) is 10.9. The van der Waals surface area contributed by atoms with Crippen LogP contribution in [0.2, 0.25) is 0 Å². The van der Waals surface area contributed by atoms with E-state index in [4.69, 9.17) is 4.74 Å². The number of hydrogen-bond acceptors (Lipinski definition) is 4. The highest BCUT2D eigenvalue weighted by Gasteiger charge is 2.32. The molecule has 2 rings (SSSR count). The topological polar surface area (TPSA) is 58.6 Å². The molecule has 0 atom stereocenters. The molecule has 0 radical (unpaired) electrons. The fraction of sp³-hybridized carbons (Fsp3) is 0.647. The minimum atomic E-state index is -3.51. The van der Waals surface area contributed by atoms with Crippen LogP contribution in [0.15, 0.2) is 17.0 Å². The Morgan fingerprint density at radius 3 is 2.42 bits per heavy atom. The Labute approximate surface area is 152 Å². The van der Waals surface area contributed by atoms with E-state index in [0.29, 0.717) is 29.7 Å². The van der Waals surface area contributed by atoms with E-state index in [1.165, 1.54) is 7.11 Å². The van der Waals surface area contributed by atoms with E-state index < -0.39 is 10.0 Å². The summed E-state index contributed by atoms with van der Waals surface area (Å²) in [6.45, 7) is 8.95. The van der Waals surface area contributed by atoms with Gasteiger partial charge < -0.3 is 10.1 Å². The number of nitrogens with one attached hydrogen (secondary N) is 1. The van der Waals surface area contributed by atoms with E-state index in [1.807, 2.05) is 19.9 Å². The van der Waals surface area contributed by atoms with Crippen LogP contribution in [0.4, 0.5) is 0 Å². The smallest absolute Gasteiger partial charge is 0.247 e. The molecule has 1 aromatic rings. The Kier molecular flexibility index (Phi) is 7.99. The molecule has 1 heterocycles. The lowest BCUT2D eigenvalue weighted by atomic mass is 9.98. The first-order valence-corrected chi connectivity index (χ1v) is 9.70. The summed E-state index contributed by atoms with van der Waals surface area (Å²) in [5.74, 6) is 1.000. The van der Waals surface area contributed by atoms with Gasteiger partial charge in [-0.25, -0.2) is 8.42 Å². The Bertz CT molecular complexity index is 641. The fourth-order valence-electron chi connectivity index (χ4n) is 3.23. The number of piperidine rings is 1. The van der Waals surface area contributed by atoms with Crippen molar-refractivity contribution < 1.29 is 13.2 Å². The van der Waals surface area contributed by atoms with Crippen LogP contribution in [-0.4, -0.2) is 46.0 Å². The quantitative estimate of drug-likeness (QED) is 0.829. The molecule has 0 spiro atoms. The number of hydrogen-bond donors (Lipinski definition) is 1. The summed E-state index contributed by atoms with van der Waals surface area (Å²) in [5, 5.41) is 3.35. The van der Waals surface area contributed by atoms with Crippen molar-refractivity contribution in [3.63, 3.8) is 0 Å². The molecular weight excluding hydrogens is 348 g/mol. The van der Waals surface area contributed by atoms with Gasteiger partial charge in [-0.1, -0.05) is 13.0 Å². The molecule has 0 saturated carbocycles. The van der Waals surface area contributed by atoms with Crippen LogP contribution in [0.1, 0.15) is 30.9 Å². The lowest BCUT2D eigenvalue weighted by Crippen LogP contribution is -2.41. The molecular formula is C17H29ClN2O3S. The van der Waals surface area contributed by atoms with Crippen molar-refractivity contribution >= 4 is 22.4 Å². The summed E-state index contributed by atoms with van der Waals surface area (Å²) in [4.78, 5) is 0.315. The number of nitrogens with zero attached hydrogens (tertiary/aromatic N) is 1. The van der Waals surface area contributed by atoms with E-state index in [2.05, 4.69) is 12.2 Å². The summed E-state index contributed by atoms with van der Waals surface area (Å²) in [5.41, 5.74) is 1.75. The van der Waals surface area contributed by atoms with Crippen LogP contribution in [0, 0.1) is 19.8 Å². The Hall–Kier alpha value is -0.820. The molecule has 1 fully saturated rings. The van der Waals surface area contributed by atoms with Gasteiger partial charge in [0.25, 0.3) is 0 Å². The zero-order chi connectivity index (χ0) is 17.0. The average molecular weight is 377 g/mol. The summed E-state index contributed by atoms with van der Waals surface area (Å²) < 4.78 is 33.0. The summed E-state index contributed by atoms with van der Waals surface area (Å²) in [6.07, 6.45) is 1.80. The van der Waals surface area contributed by atoms with Gasteiger partial charge in [-0.2, -0.15) is 4.31 Å². The zero-order valence-electron chi connectivity index (χ0n) is 15.0. The molecule has 0 amide bonds. The van der Waals surface area contributed by atoms with Crippen LogP contribution in [-0.2, 0) is 10.0 Å².